The molecule has 0 atom stereocenters. The highest BCUT2D eigenvalue weighted by molar-refractivity contribution is 6.13. The minimum absolute atomic E-state index is 0.143. The predicted molar refractivity (Wildman–Crippen MR) is 170 cm³/mol. The van der Waals surface area contributed by atoms with Crippen molar-refractivity contribution in [1.29, 1.82) is 0 Å². The van der Waals surface area contributed by atoms with Crippen molar-refractivity contribution in [3.05, 3.63) is 105 Å². The van der Waals surface area contributed by atoms with E-state index >= 15 is 0 Å². The fourth-order valence-electron chi connectivity index (χ4n) is 6.00. The van der Waals surface area contributed by atoms with Crippen LogP contribution in [0.5, 0.6) is 17.2 Å². The third kappa shape index (κ3) is 5.66. The van der Waals surface area contributed by atoms with Crippen LogP contribution in [0.3, 0.4) is 0 Å². The van der Waals surface area contributed by atoms with Crippen LogP contribution in [0, 0.1) is 0 Å². The van der Waals surface area contributed by atoms with Crippen molar-refractivity contribution in [2.24, 2.45) is 0 Å². The molecule has 1 aromatic heterocycles. The summed E-state index contributed by atoms with van der Waals surface area (Å²) < 4.78 is 16.4. The van der Waals surface area contributed by atoms with Crippen molar-refractivity contribution in [2.45, 2.75) is 25.8 Å². The third-order valence-corrected chi connectivity index (χ3v) is 8.22. The number of ether oxygens (including phenoxy) is 3. The van der Waals surface area contributed by atoms with Crippen LogP contribution in [-0.4, -0.2) is 50.2 Å². The molecule has 1 aliphatic heterocycles. The minimum Gasteiger partial charge on any atom is -0.495 e. The van der Waals surface area contributed by atoms with Crippen molar-refractivity contribution in [1.82, 2.24) is 9.88 Å². The summed E-state index contributed by atoms with van der Waals surface area (Å²) in [5.41, 5.74) is 5.78. The standard InChI is InChI=1S/C35H35N3O5/c1-41-29-14-6-12-27-33(29)37-32-26(34(27)39)11-5-13-28(32)35(40)36-25-10-4-8-22(18-25)9-7-16-38-17-15-23-19-30(42-2)31(43-3)20-24(23)21-38/h4-6,8,10-14,18-20H,7,9,15-17,21H2,1-3H3,(H,36,40)(H,37,39). The maximum absolute atomic E-state index is 13.5. The van der Waals surface area contributed by atoms with Crippen molar-refractivity contribution in [3.63, 3.8) is 0 Å². The molecule has 0 fully saturated rings. The highest BCUT2D eigenvalue weighted by Gasteiger charge is 2.20. The number of anilines is 1. The van der Waals surface area contributed by atoms with Crippen LogP contribution in [0.4, 0.5) is 5.69 Å². The Bertz CT molecular complexity index is 1880. The lowest BCUT2D eigenvalue weighted by Gasteiger charge is -2.29. The molecule has 0 saturated heterocycles. The zero-order chi connectivity index (χ0) is 29.9. The maximum Gasteiger partial charge on any atom is 0.257 e. The highest BCUT2D eigenvalue weighted by atomic mass is 16.5. The van der Waals surface area contributed by atoms with Crippen molar-refractivity contribution in [2.75, 3.05) is 39.7 Å². The quantitative estimate of drug-likeness (QED) is 0.210. The summed E-state index contributed by atoms with van der Waals surface area (Å²) in [7, 11) is 4.90. The number of pyridine rings is 1. The summed E-state index contributed by atoms with van der Waals surface area (Å²) in [6.45, 7) is 2.87. The SMILES string of the molecule is COc1cc2c(cc1OC)CN(CCCc1cccc(NC(=O)c3cccc4c(=O)c5cccc(OC)c5[nH]c34)c1)CC2. The molecule has 8 nitrogen and oxygen atoms in total. The number of nitrogens with one attached hydrogen (secondary N) is 2. The van der Waals surface area contributed by atoms with Gasteiger partial charge in [-0.2, -0.15) is 0 Å². The van der Waals surface area contributed by atoms with Crippen LogP contribution in [0.25, 0.3) is 21.8 Å². The molecule has 0 bridgehead atoms. The van der Waals surface area contributed by atoms with Gasteiger partial charge >= 0.3 is 0 Å². The van der Waals surface area contributed by atoms with Crippen molar-refractivity contribution < 1.29 is 19.0 Å². The van der Waals surface area contributed by atoms with E-state index in [2.05, 4.69) is 33.4 Å². The molecule has 1 amide bonds. The van der Waals surface area contributed by atoms with Gasteiger partial charge in [0, 0.05) is 29.5 Å². The molecule has 0 spiro atoms. The monoisotopic (exact) mass is 577 g/mol. The lowest BCUT2D eigenvalue weighted by molar-refractivity contribution is 0.102. The van der Waals surface area contributed by atoms with Gasteiger partial charge in [0.2, 0.25) is 0 Å². The topological polar surface area (TPSA) is 92.9 Å². The first-order chi connectivity index (χ1) is 21.0. The summed E-state index contributed by atoms with van der Waals surface area (Å²) in [5, 5.41) is 4.01. The molecular weight excluding hydrogens is 542 g/mol. The van der Waals surface area contributed by atoms with Crippen molar-refractivity contribution >= 4 is 33.4 Å². The Labute approximate surface area is 250 Å². The van der Waals surface area contributed by atoms with Gasteiger partial charge in [-0.3, -0.25) is 14.5 Å². The van der Waals surface area contributed by atoms with Crippen LogP contribution in [-0.2, 0) is 19.4 Å². The summed E-state index contributed by atoms with van der Waals surface area (Å²) in [4.78, 5) is 32.5. The zero-order valence-electron chi connectivity index (χ0n) is 24.7. The Morgan fingerprint density at radius 3 is 2.30 bits per heavy atom. The Morgan fingerprint density at radius 2 is 1.53 bits per heavy atom. The normalized spacial score (nSPS) is 13.1. The maximum atomic E-state index is 13.5. The number of hydrogen-bond donors (Lipinski definition) is 2. The lowest BCUT2D eigenvalue weighted by Crippen LogP contribution is -2.31. The van der Waals surface area contributed by atoms with Crippen LogP contribution >= 0.6 is 0 Å². The molecule has 220 valence electrons. The number of rotatable bonds is 9. The fraction of sp³-hybridized carbons (Fsp3) is 0.257. The number of aromatic nitrogens is 1. The average molecular weight is 578 g/mol. The second-order valence-electron chi connectivity index (χ2n) is 10.8. The molecule has 6 rings (SSSR count). The van der Waals surface area contributed by atoms with E-state index in [1.54, 1.807) is 57.7 Å². The summed E-state index contributed by atoms with van der Waals surface area (Å²) in [6.07, 6.45) is 2.88. The van der Waals surface area contributed by atoms with Gasteiger partial charge in [0.25, 0.3) is 5.91 Å². The number of H-pyrrole nitrogens is 1. The smallest absolute Gasteiger partial charge is 0.257 e. The molecular formula is C35H35N3O5. The second-order valence-corrected chi connectivity index (χ2v) is 10.8. The number of nitrogens with zero attached hydrogens (tertiary/aromatic N) is 1. The van der Waals surface area contributed by atoms with Crippen LogP contribution in [0.2, 0.25) is 0 Å². The van der Waals surface area contributed by atoms with E-state index in [0.717, 1.165) is 56.0 Å². The number of aryl methyl sites for hydroxylation is 1. The molecule has 2 N–H and O–H groups in total. The molecule has 8 heteroatoms. The molecule has 0 saturated carbocycles. The molecule has 0 radical (unpaired) electrons. The Morgan fingerprint density at radius 1 is 0.837 bits per heavy atom. The number of hydrogen-bond acceptors (Lipinski definition) is 6. The first-order valence-electron chi connectivity index (χ1n) is 14.5. The van der Waals surface area contributed by atoms with Gasteiger partial charge < -0.3 is 24.5 Å². The van der Waals surface area contributed by atoms with Gasteiger partial charge in [0.05, 0.1) is 37.9 Å². The highest BCUT2D eigenvalue weighted by Crippen LogP contribution is 2.33. The number of para-hydroxylation sites is 2. The molecule has 43 heavy (non-hydrogen) atoms. The number of benzene rings is 4. The minimum atomic E-state index is -0.285. The second kappa shape index (κ2) is 12.2. The Kier molecular flexibility index (Phi) is 8.03. The molecule has 0 aliphatic carbocycles. The first-order valence-corrected chi connectivity index (χ1v) is 14.5. The van der Waals surface area contributed by atoms with Gasteiger partial charge in [-0.15, -0.1) is 0 Å². The molecule has 4 aromatic carbocycles. The number of aromatic amines is 1. The van der Waals surface area contributed by atoms with Gasteiger partial charge in [-0.05, 0) is 91.0 Å². The molecule has 5 aromatic rings. The number of carbonyl (C=O) groups excluding carboxylic acids is 1. The van der Waals surface area contributed by atoms with Crippen LogP contribution in [0.15, 0.2) is 77.6 Å². The average Bonchev–Trinajstić information content (AvgIpc) is 3.03. The van der Waals surface area contributed by atoms with E-state index < -0.39 is 0 Å². The Balaban J connectivity index is 1.13. The summed E-state index contributed by atoms with van der Waals surface area (Å²) in [5.74, 6) is 1.81. The number of amides is 1. The van der Waals surface area contributed by atoms with Crippen molar-refractivity contribution in [3.8, 4) is 17.2 Å². The molecule has 0 unspecified atom stereocenters. The molecule has 1 aliphatic rings. The first kappa shape index (κ1) is 28.3. The lowest BCUT2D eigenvalue weighted by atomic mass is 9.98. The van der Waals surface area contributed by atoms with E-state index in [0.29, 0.717) is 38.8 Å². The summed E-state index contributed by atoms with van der Waals surface area (Å²) >= 11 is 0. The number of fused-ring (bicyclic) bond motifs is 3. The third-order valence-electron chi connectivity index (χ3n) is 8.22. The Hall–Kier alpha value is -4.82. The van der Waals surface area contributed by atoms with E-state index in [-0.39, 0.29) is 11.3 Å². The van der Waals surface area contributed by atoms with Crippen LogP contribution < -0.4 is 25.0 Å². The predicted octanol–water partition coefficient (Wildman–Crippen LogP) is 5.95. The van der Waals surface area contributed by atoms with Gasteiger partial charge in [-0.25, -0.2) is 0 Å². The fourth-order valence-corrected chi connectivity index (χ4v) is 6.00. The zero-order valence-corrected chi connectivity index (χ0v) is 24.7. The van der Waals surface area contributed by atoms with Gasteiger partial charge in [0.15, 0.2) is 16.9 Å². The van der Waals surface area contributed by atoms with E-state index in [4.69, 9.17) is 14.2 Å². The largest absolute Gasteiger partial charge is 0.495 e. The summed E-state index contributed by atoms with van der Waals surface area (Å²) in [6, 6.07) is 22.7. The van der Waals surface area contributed by atoms with Gasteiger partial charge in [-0.1, -0.05) is 24.3 Å². The van der Waals surface area contributed by atoms with Crippen LogP contribution in [0.1, 0.15) is 33.5 Å². The number of methoxy groups -OCH3 is 3. The molecule has 2 heterocycles. The van der Waals surface area contributed by atoms with Gasteiger partial charge in [0.1, 0.15) is 5.75 Å². The van der Waals surface area contributed by atoms with E-state index in [1.165, 1.54) is 11.1 Å². The van der Waals surface area contributed by atoms with E-state index in [9.17, 15) is 9.59 Å². The van der Waals surface area contributed by atoms with E-state index in [1.807, 2.05) is 18.2 Å². The number of carbonyl (C=O) groups is 1.